The molecule has 9 heteroatoms. The van der Waals surface area contributed by atoms with E-state index in [1.54, 1.807) is 36.4 Å². The van der Waals surface area contributed by atoms with Crippen LogP contribution in [-0.4, -0.2) is 41.2 Å². The Labute approximate surface area is 137 Å². The van der Waals surface area contributed by atoms with Gasteiger partial charge in [0.2, 0.25) is 5.82 Å². The Morgan fingerprint density at radius 2 is 1.79 bits per heavy atom. The minimum atomic E-state index is -3.49. The molecule has 122 valence electrons. The lowest BCUT2D eigenvalue weighted by atomic mass is 10.1. The van der Waals surface area contributed by atoms with E-state index in [0.717, 1.165) is 11.8 Å². The van der Waals surface area contributed by atoms with Crippen LogP contribution in [0.3, 0.4) is 0 Å². The molecule has 1 aromatic heterocycles. The molecule has 0 unspecified atom stereocenters. The highest BCUT2D eigenvalue weighted by molar-refractivity contribution is 7.90. The lowest BCUT2D eigenvalue weighted by molar-refractivity contribution is 0.102. The van der Waals surface area contributed by atoms with E-state index < -0.39 is 15.7 Å². The summed E-state index contributed by atoms with van der Waals surface area (Å²) in [5, 5.41) is 16.2. The first kappa shape index (κ1) is 15.8. The number of benzene rings is 2. The SMILES string of the molecule is CS(=O)(=O)c1ccccc1C(=O)Nc1ccc(-c2nn[nH]n2)cc1. The molecule has 0 bridgehead atoms. The van der Waals surface area contributed by atoms with Crippen molar-refractivity contribution in [1.82, 2.24) is 20.6 Å². The van der Waals surface area contributed by atoms with Gasteiger partial charge in [-0.15, -0.1) is 10.2 Å². The Hall–Kier alpha value is -3.07. The fourth-order valence-electron chi connectivity index (χ4n) is 2.16. The monoisotopic (exact) mass is 343 g/mol. The van der Waals surface area contributed by atoms with Crippen LogP contribution in [0, 0.1) is 0 Å². The predicted octanol–water partition coefficient (Wildman–Crippen LogP) is 1.52. The number of H-pyrrole nitrogens is 1. The van der Waals surface area contributed by atoms with E-state index in [0.29, 0.717) is 11.5 Å². The van der Waals surface area contributed by atoms with E-state index in [9.17, 15) is 13.2 Å². The predicted molar refractivity (Wildman–Crippen MR) is 87.1 cm³/mol. The molecule has 0 saturated carbocycles. The summed E-state index contributed by atoms with van der Waals surface area (Å²) < 4.78 is 23.6. The molecule has 0 aliphatic heterocycles. The number of nitrogens with one attached hydrogen (secondary N) is 2. The van der Waals surface area contributed by atoms with Crippen molar-refractivity contribution < 1.29 is 13.2 Å². The number of amides is 1. The fourth-order valence-corrected chi connectivity index (χ4v) is 3.05. The standard InChI is InChI=1S/C15H13N5O3S/c1-24(22,23)13-5-3-2-4-12(13)15(21)16-11-8-6-10(7-9-11)14-17-19-20-18-14/h2-9H,1H3,(H,16,21)(H,17,18,19,20). The highest BCUT2D eigenvalue weighted by Crippen LogP contribution is 2.20. The third-order valence-electron chi connectivity index (χ3n) is 3.28. The van der Waals surface area contributed by atoms with Crippen molar-refractivity contribution in [3.8, 4) is 11.4 Å². The first-order valence-electron chi connectivity index (χ1n) is 6.89. The summed E-state index contributed by atoms with van der Waals surface area (Å²) in [7, 11) is -3.49. The molecule has 0 aliphatic carbocycles. The topological polar surface area (TPSA) is 118 Å². The fraction of sp³-hybridized carbons (Fsp3) is 0.0667. The number of aromatic amines is 1. The largest absolute Gasteiger partial charge is 0.322 e. The Balaban J connectivity index is 1.83. The van der Waals surface area contributed by atoms with E-state index in [1.807, 2.05) is 0 Å². The summed E-state index contributed by atoms with van der Waals surface area (Å²) in [5.74, 6) is -0.0568. The van der Waals surface area contributed by atoms with Gasteiger partial charge >= 0.3 is 0 Å². The van der Waals surface area contributed by atoms with Crippen molar-refractivity contribution in [2.45, 2.75) is 4.90 Å². The minimum Gasteiger partial charge on any atom is -0.322 e. The molecule has 8 nitrogen and oxygen atoms in total. The molecular weight excluding hydrogens is 330 g/mol. The second kappa shape index (κ2) is 6.20. The molecule has 3 rings (SSSR count). The highest BCUT2D eigenvalue weighted by Gasteiger charge is 2.18. The smallest absolute Gasteiger partial charge is 0.256 e. The molecule has 0 spiro atoms. The minimum absolute atomic E-state index is 0.00841. The lowest BCUT2D eigenvalue weighted by Crippen LogP contribution is -2.15. The van der Waals surface area contributed by atoms with Crippen LogP contribution in [-0.2, 0) is 9.84 Å². The number of hydrogen-bond donors (Lipinski definition) is 2. The van der Waals surface area contributed by atoms with Gasteiger partial charge in [-0.1, -0.05) is 12.1 Å². The van der Waals surface area contributed by atoms with Crippen LogP contribution < -0.4 is 5.32 Å². The maximum Gasteiger partial charge on any atom is 0.256 e. The molecule has 3 aromatic rings. The number of carbonyl (C=O) groups excluding carboxylic acids is 1. The Bertz CT molecular complexity index is 967. The van der Waals surface area contributed by atoms with Crippen molar-refractivity contribution in [3.05, 3.63) is 54.1 Å². The van der Waals surface area contributed by atoms with E-state index >= 15 is 0 Å². The number of nitrogens with zero attached hydrogens (tertiary/aromatic N) is 3. The van der Waals surface area contributed by atoms with Gasteiger partial charge in [0.1, 0.15) is 0 Å². The average molecular weight is 343 g/mol. The van der Waals surface area contributed by atoms with E-state index in [1.165, 1.54) is 12.1 Å². The lowest BCUT2D eigenvalue weighted by Gasteiger charge is -2.09. The van der Waals surface area contributed by atoms with Gasteiger partial charge in [-0.2, -0.15) is 5.21 Å². The number of hydrogen-bond acceptors (Lipinski definition) is 6. The van der Waals surface area contributed by atoms with Crippen molar-refractivity contribution in [2.75, 3.05) is 11.6 Å². The van der Waals surface area contributed by atoms with Crippen LogP contribution in [0.1, 0.15) is 10.4 Å². The molecule has 0 fully saturated rings. The van der Waals surface area contributed by atoms with Gasteiger partial charge in [0.05, 0.1) is 10.5 Å². The highest BCUT2D eigenvalue weighted by atomic mass is 32.2. The summed E-state index contributed by atoms with van der Waals surface area (Å²) in [6.45, 7) is 0. The van der Waals surface area contributed by atoms with Crippen molar-refractivity contribution >= 4 is 21.4 Å². The third-order valence-corrected chi connectivity index (χ3v) is 4.43. The van der Waals surface area contributed by atoms with Gasteiger partial charge in [-0.3, -0.25) is 4.79 Å². The van der Waals surface area contributed by atoms with Gasteiger partial charge < -0.3 is 5.32 Å². The number of rotatable bonds is 4. The molecule has 0 radical (unpaired) electrons. The zero-order valence-corrected chi connectivity index (χ0v) is 13.4. The van der Waals surface area contributed by atoms with E-state index in [-0.39, 0.29) is 10.5 Å². The summed E-state index contributed by atoms with van der Waals surface area (Å²) in [5.41, 5.74) is 1.36. The van der Waals surface area contributed by atoms with Crippen molar-refractivity contribution in [3.63, 3.8) is 0 Å². The average Bonchev–Trinajstić information content (AvgIpc) is 3.09. The molecular formula is C15H13N5O3S. The van der Waals surface area contributed by atoms with Crippen molar-refractivity contribution in [2.24, 2.45) is 0 Å². The maximum absolute atomic E-state index is 12.4. The molecule has 1 amide bonds. The molecule has 2 N–H and O–H groups in total. The van der Waals surface area contributed by atoms with E-state index in [2.05, 4.69) is 25.9 Å². The van der Waals surface area contributed by atoms with Crippen LogP contribution in [0.5, 0.6) is 0 Å². The first-order chi connectivity index (χ1) is 11.4. The molecule has 24 heavy (non-hydrogen) atoms. The van der Waals surface area contributed by atoms with Gasteiger partial charge in [-0.25, -0.2) is 8.42 Å². The second-order valence-corrected chi connectivity index (χ2v) is 7.02. The van der Waals surface area contributed by atoms with Gasteiger partial charge in [0, 0.05) is 17.5 Å². The quantitative estimate of drug-likeness (QED) is 0.741. The zero-order valence-electron chi connectivity index (χ0n) is 12.6. The maximum atomic E-state index is 12.4. The number of anilines is 1. The molecule has 2 aromatic carbocycles. The molecule has 0 atom stereocenters. The summed E-state index contributed by atoms with van der Waals surface area (Å²) in [4.78, 5) is 12.4. The third kappa shape index (κ3) is 3.30. The van der Waals surface area contributed by atoms with E-state index in [4.69, 9.17) is 0 Å². The van der Waals surface area contributed by atoms with Crippen LogP contribution in [0.4, 0.5) is 5.69 Å². The Morgan fingerprint density at radius 3 is 2.42 bits per heavy atom. The first-order valence-corrected chi connectivity index (χ1v) is 8.78. The number of aromatic nitrogens is 4. The van der Waals surface area contributed by atoms with Gasteiger partial charge in [0.25, 0.3) is 5.91 Å². The normalized spacial score (nSPS) is 11.2. The molecule has 0 aliphatic rings. The zero-order chi connectivity index (χ0) is 17.2. The van der Waals surface area contributed by atoms with Gasteiger partial charge in [-0.05, 0) is 41.6 Å². The number of carbonyl (C=O) groups is 1. The molecule has 1 heterocycles. The number of sulfone groups is 1. The number of tetrazole rings is 1. The summed E-state index contributed by atoms with van der Waals surface area (Å²) in [6.07, 6.45) is 1.07. The van der Waals surface area contributed by atoms with Crippen LogP contribution in [0.25, 0.3) is 11.4 Å². The summed E-state index contributed by atoms with van der Waals surface area (Å²) >= 11 is 0. The van der Waals surface area contributed by atoms with Crippen LogP contribution in [0.15, 0.2) is 53.4 Å². The second-order valence-electron chi connectivity index (χ2n) is 5.04. The Morgan fingerprint density at radius 1 is 1.08 bits per heavy atom. The van der Waals surface area contributed by atoms with Crippen LogP contribution in [0.2, 0.25) is 0 Å². The molecule has 0 saturated heterocycles. The summed E-state index contributed by atoms with van der Waals surface area (Å²) in [6, 6.07) is 12.9. The Kier molecular flexibility index (Phi) is 4.09. The van der Waals surface area contributed by atoms with Crippen molar-refractivity contribution in [1.29, 1.82) is 0 Å². The van der Waals surface area contributed by atoms with Crippen LogP contribution >= 0.6 is 0 Å². The van der Waals surface area contributed by atoms with Gasteiger partial charge in [0.15, 0.2) is 9.84 Å².